The number of hydrogen-bond donors (Lipinski definition) is 3. The number of likely N-dealkylation sites (tertiary alicyclic amines) is 1. The van der Waals surface area contributed by atoms with Gasteiger partial charge in [-0.25, -0.2) is 27.5 Å². The molecule has 322 valence electrons. The second-order valence-electron chi connectivity index (χ2n) is 17.6. The van der Waals surface area contributed by atoms with E-state index in [4.69, 9.17) is 21.7 Å². The normalized spacial score (nSPS) is 21.2. The molecule has 10 rings (SSSR count). The second-order valence-corrected chi connectivity index (χ2v) is 18.0. The average Bonchev–Trinajstić information content (AvgIpc) is 3.56. The maximum Gasteiger partial charge on any atom is 0.328 e. The molecule has 2 saturated heterocycles. The number of imide groups is 1. The van der Waals surface area contributed by atoms with Crippen LogP contribution in [-0.2, 0) is 23.7 Å². The van der Waals surface area contributed by atoms with Crippen molar-refractivity contribution >= 4 is 58.0 Å². The monoisotopic (exact) mass is 866 g/mol. The van der Waals surface area contributed by atoms with Gasteiger partial charge in [-0.05, 0) is 78.8 Å². The maximum absolute atomic E-state index is 15.7. The van der Waals surface area contributed by atoms with Crippen LogP contribution in [0.15, 0.2) is 67.0 Å². The number of alkyl halides is 3. The van der Waals surface area contributed by atoms with Crippen molar-refractivity contribution < 1.29 is 27.6 Å². The molecule has 17 heteroatoms. The molecule has 0 radical (unpaired) electrons. The van der Waals surface area contributed by atoms with Crippen LogP contribution in [0.1, 0.15) is 72.1 Å². The number of imidazole rings is 1. The van der Waals surface area contributed by atoms with E-state index in [1.54, 1.807) is 7.05 Å². The van der Waals surface area contributed by atoms with Gasteiger partial charge in [-0.15, -0.1) is 5.10 Å². The lowest BCUT2D eigenvalue weighted by molar-refractivity contribution is -0.120. The molecule has 0 unspecified atom stereocenters. The minimum absolute atomic E-state index is 0.0757. The van der Waals surface area contributed by atoms with Crippen LogP contribution in [0.5, 0.6) is 0 Å². The summed E-state index contributed by atoms with van der Waals surface area (Å²) in [6.07, 6.45) is 6.59. The van der Waals surface area contributed by atoms with Gasteiger partial charge in [0, 0.05) is 88.1 Å². The summed E-state index contributed by atoms with van der Waals surface area (Å²) >= 11 is 6.32. The number of fused-ring (bicyclic) bond motifs is 2. The third-order valence-electron chi connectivity index (χ3n) is 13.3. The van der Waals surface area contributed by atoms with Crippen molar-refractivity contribution in [2.45, 2.75) is 76.0 Å². The van der Waals surface area contributed by atoms with E-state index in [1.165, 1.54) is 33.8 Å². The Morgan fingerprint density at radius 3 is 2.50 bits per heavy atom. The molecule has 5 aromatic rings. The first-order chi connectivity index (χ1) is 29.9. The lowest BCUT2D eigenvalue weighted by atomic mass is 9.65. The van der Waals surface area contributed by atoms with Crippen LogP contribution in [0.3, 0.4) is 0 Å². The van der Waals surface area contributed by atoms with E-state index in [0.717, 1.165) is 79.8 Å². The number of nitrogens with zero attached hydrogens (tertiary/aromatic N) is 7. The predicted octanol–water partition coefficient (Wildman–Crippen LogP) is 7.64. The van der Waals surface area contributed by atoms with Gasteiger partial charge in [-0.2, -0.15) is 0 Å². The molecule has 2 aromatic carbocycles. The van der Waals surface area contributed by atoms with Crippen LogP contribution in [-0.4, -0.2) is 87.8 Å². The van der Waals surface area contributed by atoms with Gasteiger partial charge < -0.3 is 15.5 Å². The molecule has 0 bridgehead atoms. The summed E-state index contributed by atoms with van der Waals surface area (Å²) in [5.74, 6) is -3.37. The number of benzene rings is 2. The number of anilines is 4. The fourth-order valence-electron chi connectivity index (χ4n) is 9.88. The van der Waals surface area contributed by atoms with Gasteiger partial charge >= 0.3 is 6.03 Å². The Morgan fingerprint density at radius 1 is 0.984 bits per heavy atom. The molecule has 2 aliphatic carbocycles. The molecular formula is C45H46ClF3N10O3. The van der Waals surface area contributed by atoms with Gasteiger partial charge in [0.2, 0.25) is 5.91 Å². The van der Waals surface area contributed by atoms with Crippen LogP contribution in [0.2, 0.25) is 5.02 Å². The number of carbonyl (C=O) groups excluding carboxylic acids is 3. The Balaban J connectivity index is 0.753. The Morgan fingerprint density at radius 2 is 1.77 bits per heavy atom. The number of halogens is 4. The van der Waals surface area contributed by atoms with Gasteiger partial charge in [0.15, 0.2) is 17.2 Å². The first-order valence-corrected chi connectivity index (χ1v) is 21.6. The number of carbonyl (C=O) groups is 3. The van der Waals surface area contributed by atoms with Crippen molar-refractivity contribution in [2.24, 2.45) is 11.3 Å². The molecule has 1 spiro atoms. The predicted molar refractivity (Wildman–Crippen MR) is 229 cm³/mol. The highest BCUT2D eigenvalue weighted by Gasteiger charge is 2.47. The zero-order chi connectivity index (χ0) is 42.9. The quantitative estimate of drug-likeness (QED) is 0.122. The van der Waals surface area contributed by atoms with Crippen molar-refractivity contribution in [1.29, 1.82) is 0 Å². The van der Waals surface area contributed by atoms with E-state index in [2.05, 4.69) is 55.0 Å². The Kier molecular flexibility index (Phi) is 10.1. The molecule has 3 aliphatic heterocycles. The molecule has 3 N–H and O–H groups in total. The van der Waals surface area contributed by atoms with E-state index in [-0.39, 0.29) is 52.7 Å². The fourth-order valence-corrected chi connectivity index (χ4v) is 10.1. The van der Waals surface area contributed by atoms with Gasteiger partial charge in [-0.3, -0.25) is 29.7 Å². The molecule has 2 saturated carbocycles. The van der Waals surface area contributed by atoms with E-state index in [1.807, 2.05) is 18.3 Å². The number of rotatable bonds is 11. The lowest BCUT2D eigenvalue weighted by Crippen LogP contribution is -2.57. The third-order valence-corrected chi connectivity index (χ3v) is 13.7. The van der Waals surface area contributed by atoms with Crippen molar-refractivity contribution in [3.05, 3.63) is 94.4 Å². The largest absolute Gasteiger partial charge is 0.385 e. The topological polar surface area (TPSA) is 140 Å². The summed E-state index contributed by atoms with van der Waals surface area (Å²) in [4.78, 5) is 52.2. The van der Waals surface area contributed by atoms with E-state index < -0.39 is 36.0 Å². The smallest absolute Gasteiger partial charge is 0.328 e. The molecule has 13 nitrogen and oxygen atoms in total. The van der Waals surface area contributed by atoms with E-state index in [9.17, 15) is 18.8 Å². The van der Waals surface area contributed by atoms with Crippen LogP contribution in [0.25, 0.3) is 16.9 Å². The fraction of sp³-hybridized carbons (Fsp3) is 0.422. The number of nitrogens with one attached hydrogen (secondary N) is 3. The van der Waals surface area contributed by atoms with Crippen LogP contribution >= 0.6 is 11.6 Å². The highest BCUT2D eigenvalue weighted by Crippen LogP contribution is 2.50. The zero-order valence-electron chi connectivity index (χ0n) is 34.1. The van der Waals surface area contributed by atoms with Crippen molar-refractivity contribution in [3.63, 3.8) is 0 Å². The number of urea groups is 1. The van der Waals surface area contributed by atoms with Crippen molar-refractivity contribution in [3.8, 4) is 11.3 Å². The first-order valence-electron chi connectivity index (χ1n) is 21.2. The highest BCUT2D eigenvalue weighted by atomic mass is 35.5. The molecule has 2 atom stereocenters. The molecule has 4 fully saturated rings. The Hall–Kier alpha value is -5.74. The average molecular weight is 867 g/mol. The third kappa shape index (κ3) is 7.50. The molecule has 5 aliphatic rings. The molecule has 62 heavy (non-hydrogen) atoms. The minimum atomic E-state index is -3.09. The van der Waals surface area contributed by atoms with Crippen molar-refractivity contribution in [1.82, 2.24) is 35.1 Å². The van der Waals surface area contributed by atoms with Crippen LogP contribution < -0.4 is 25.8 Å². The number of hydrogen-bond acceptors (Lipinski definition) is 9. The standard InChI is InChI=1S/C45H46ClF3N10O3/c1-50-35-19-39(55-59-38(22-52-41(35)59)42(61)53-34-18-32(34)47)57-15-11-30-29(3-2-4-36(30)57)33-8-5-27(21-51-33)23-56-24-44(25-56)13-9-26(10-14-44)20-45(48,49)28-6-7-31(46)37(17-28)58-16-12-40(60)54-43(58)62/h2-8,17,19,21-22,26,32,34,50H,9-16,18,20,23-25H2,1H3,(H,53,61)(H,54,60,62)/t32-,34+/m0/s1. The molecule has 3 aromatic heterocycles. The van der Waals surface area contributed by atoms with Crippen LogP contribution in [0.4, 0.5) is 40.8 Å². The first kappa shape index (κ1) is 40.3. The molecule has 6 heterocycles. The van der Waals surface area contributed by atoms with Gasteiger partial charge in [0.05, 0.1) is 34.3 Å². The van der Waals surface area contributed by atoms with Gasteiger partial charge in [0.25, 0.3) is 11.8 Å². The summed E-state index contributed by atoms with van der Waals surface area (Å²) in [7, 11) is 1.79. The lowest BCUT2D eigenvalue weighted by Gasteiger charge is -2.54. The summed E-state index contributed by atoms with van der Waals surface area (Å²) in [5.41, 5.74) is 6.83. The molecule has 4 amide bonds. The van der Waals surface area contributed by atoms with E-state index in [0.29, 0.717) is 30.1 Å². The van der Waals surface area contributed by atoms with E-state index >= 15 is 8.78 Å². The van der Waals surface area contributed by atoms with Crippen LogP contribution in [0, 0.1) is 11.3 Å². The Bertz CT molecular complexity index is 2590. The second kappa shape index (κ2) is 15.6. The summed E-state index contributed by atoms with van der Waals surface area (Å²) in [6.45, 7) is 3.39. The Labute approximate surface area is 361 Å². The molecular weight excluding hydrogens is 821 g/mol. The highest BCUT2D eigenvalue weighted by molar-refractivity contribution is 6.34. The van der Waals surface area contributed by atoms with Crippen molar-refractivity contribution in [2.75, 3.05) is 48.3 Å². The van der Waals surface area contributed by atoms with Gasteiger partial charge in [0.1, 0.15) is 6.17 Å². The summed E-state index contributed by atoms with van der Waals surface area (Å²) < 4.78 is 46.6. The van der Waals surface area contributed by atoms with Gasteiger partial charge in [-0.1, -0.05) is 35.9 Å². The SMILES string of the molecule is CNc1cc(N2CCc3c(-c4ccc(CN5CC6(CCC(CC(F)(F)c7ccc(Cl)c(N8CCC(=O)NC8=O)c7)CC6)C5)cn4)cccc32)nn2c(C(=O)N[C@@H]3C[C@@H]3F)cnc12. The summed E-state index contributed by atoms with van der Waals surface area (Å²) in [6, 6.07) is 15.2. The minimum Gasteiger partial charge on any atom is -0.385 e. The maximum atomic E-state index is 15.7. The number of amides is 4. The number of pyridine rings is 1. The summed E-state index contributed by atoms with van der Waals surface area (Å²) in [5, 5.41) is 13.2. The zero-order valence-corrected chi connectivity index (χ0v) is 34.9. The number of aromatic nitrogens is 4.